The quantitative estimate of drug-likeness (QED) is 0.326. The van der Waals surface area contributed by atoms with Crippen molar-refractivity contribution in [2.24, 2.45) is 0 Å². The van der Waals surface area contributed by atoms with E-state index in [1.165, 1.54) is 18.1 Å². The Morgan fingerprint density at radius 3 is 2.60 bits per heavy atom. The van der Waals surface area contributed by atoms with Gasteiger partial charge in [0.2, 0.25) is 5.95 Å². The van der Waals surface area contributed by atoms with Gasteiger partial charge < -0.3 is 14.4 Å². The van der Waals surface area contributed by atoms with Crippen LogP contribution in [0.15, 0.2) is 43.2 Å². The number of esters is 1. The maximum atomic E-state index is 11.4. The highest BCUT2D eigenvalue weighted by Crippen LogP contribution is 2.23. The fraction of sp³-hybridized carbons (Fsp3) is 0.381. The minimum Gasteiger partial charge on any atom is -0.486 e. The van der Waals surface area contributed by atoms with E-state index in [0.29, 0.717) is 17.5 Å². The Hall–Kier alpha value is -4.49. The first-order valence-corrected chi connectivity index (χ1v) is 11.0. The highest BCUT2D eigenvalue weighted by molar-refractivity contribution is 5.72. The molecule has 0 aliphatic carbocycles. The van der Waals surface area contributed by atoms with Crippen molar-refractivity contribution in [2.45, 2.75) is 31.9 Å². The van der Waals surface area contributed by atoms with Crippen molar-refractivity contribution in [1.82, 2.24) is 50.2 Å². The van der Waals surface area contributed by atoms with E-state index >= 15 is 0 Å². The molecule has 0 radical (unpaired) electrons. The zero-order valence-electron chi connectivity index (χ0n) is 19.0. The first-order chi connectivity index (χ1) is 17.2. The first-order valence-electron chi connectivity index (χ1n) is 11.0. The van der Waals surface area contributed by atoms with Gasteiger partial charge in [0.05, 0.1) is 32.0 Å². The van der Waals surface area contributed by atoms with Crippen LogP contribution in [-0.2, 0) is 22.6 Å². The number of anilines is 1. The smallest absolute Gasteiger partial charge is 0.310 e. The summed E-state index contributed by atoms with van der Waals surface area (Å²) >= 11 is 0. The third kappa shape index (κ3) is 5.37. The van der Waals surface area contributed by atoms with Gasteiger partial charge >= 0.3 is 5.97 Å². The van der Waals surface area contributed by atoms with Crippen LogP contribution in [0.25, 0.3) is 5.82 Å². The lowest BCUT2D eigenvalue weighted by Crippen LogP contribution is -2.36. The number of carbonyl (C=O) groups excluding carboxylic acids is 1. The van der Waals surface area contributed by atoms with E-state index in [9.17, 15) is 4.79 Å². The number of pyridine rings is 1. The maximum Gasteiger partial charge on any atom is 0.310 e. The monoisotopic (exact) mass is 477 g/mol. The Balaban J connectivity index is 1.11. The average molecular weight is 477 g/mol. The van der Waals surface area contributed by atoms with E-state index in [4.69, 9.17) is 4.74 Å². The number of rotatable bonds is 8. The standard InChI is InChI=1S/C21H23N11O3/c1-34-20(33)8-15-9-23-21(24-10-15)30-6-4-17(5-7-30)32-26-11-16(27-32)13-35-18-2-3-19(22-12-18)31-14-25-28-29-31/h2-3,9-12,14,17H,4-8,13H2,1H3. The van der Waals surface area contributed by atoms with E-state index in [1.807, 2.05) is 0 Å². The van der Waals surface area contributed by atoms with Gasteiger partial charge in [0, 0.05) is 31.0 Å². The van der Waals surface area contributed by atoms with E-state index in [1.54, 1.807) is 41.7 Å². The summed E-state index contributed by atoms with van der Waals surface area (Å²) in [5.74, 6) is 1.55. The second kappa shape index (κ2) is 10.2. The molecule has 0 N–H and O–H groups in total. The Morgan fingerprint density at radius 1 is 1.09 bits per heavy atom. The average Bonchev–Trinajstić information content (AvgIpc) is 3.61. The van der Waals surface area contributed by atoms with Crippen LogP contribution in [0, 0.1) is 0 Å². The predicted molar refractivity (Wildman–Crippen MR) is 120 cm³/mol. The molecule has 180 valence electrons. The van der Waals surface area contributed by atoms with Crippen LogP contribution < -0.4 is 9.64 Å². The molecule has 1 saturated heterocycles. The highest BCUT2D eigenvalue weighted by atomic mass is 16.5. The molecule has 0 bridgehead atoms. The van der Waals surface area contributed by atoms with Crippen LogP contribution in [-0.4, -0.2) is 76.3 Å². The second-order valence-electron chi connectivity index (χ2n) is 7.91. The van der Waals surface area contributed by atoms with E-state index < -0.39 is 0 Å². The van der Waals surface area contributed by atoms with Crippen molar-refractivity contribution in [3.05, 3.63) is 54.5 Å². The van der Waals surface area contributed by atoms with Crippen LogP contribution in [0.1, 0.15) is 30.1 Å². The number of methoxy groups -OCH3 is 1. The summed E-state index contributed by atoms with van der Waals surface area (Å²) < 4.78 is 11.9. The molecule has 5 rings (SSSR count). The molecule has 0 saturated carbocycles. The molecule has 0 unspecified atom stereocenters. The molecule has 0 amide bonds. The van der Waals surface area contributed by atoms with Gasteiger partial charge in [0.15, 0.2) is 5.82 Å². The molecule has 0 spiro atoms. The van der Waals surface area contributed by atoms with Crippen LogP contribution in [0.4, 0.5) is 5.95 Å². The van der Waals surface area contributed by atoms with Crippen LogP contribution in [0.2, 0.25) is 0 Å². The number of ether oxygens (including phenoxy) is 2. The van der Waals surface area contributed by atoms with Crippen molar-refractivity contribution >= 4 is 11.9 Å². The largest absolute Gasteiger partial charge is 0.486 e. The van der Waals surface area contributed by atoms with Gasteiger partial charge in [-0.05, 0) is 35.4 Å². The van der Waals surface area contributed by atoms with Crippen molar-refractivity contribution in [2.75, 3.05) is 25.1 Å². The number of hydrogen-bond acceptors (Lipinski definition) is 12. The molecule has 1 aliphatic rings. The SMILES string of the molecule is COC(=O)Cc1cnc(N2CCC(n3ncc(COc4ccc(-n5cnnn5)nc4)n3)CC2)nc1. The Kier molecular flexibility index (Phi) is 6.50. The zero-order valence-corrected chi connectivity index (χ0v) is 19.0. The summed E-state index contributed by atoms with van der Waals surface area (Å²) in [7, 11) is 1.36. The fourth-order valence-corrected chi connectivity index (χ4v) is 3.71. The molecule has 14 nitrogen and oxygen atoms in total. The number of nitrogens with zero attached hydrogens (tertiary/aromatic N) is 11. The van der Waals surface area contributed by atoms with Gasteiger partial charge in [-0.2, -0.15) is 19.7 Å². The molecule has 4 aromatic rings. The molecule has 0 atom stereocenters. The summed E-state index contributed by atoms with van der Waals surface area (Å²) in [6.45, 7) is 1.86. The molecule has 1 aliphatic heterocycles. The maximum absolute atomic E-state index is 11.4. The third-order valence-corrected chi connectivity index (χ3v) is 5.59. The molecule has 35 heavy (non-hydrogen) atoms. The van der Waals surface area contributed by atoms with Gasteiger partial charge in [-0.15, -0.1) is 5.10 Å². The van der Waals surface area contributed by atoms with E-state index in [0.717, 1.165) is 37.2 Å². The third-order valence-electron chi connectivity index (χ3n) is 5.59. The molecule has 5 heterocycles. The lowest BCUT2D eigenvalue weighted by atomic mass is 10.1. The molecule has 1 fully saturated rings. The van der Waals surface area contributed by atoms with E-state index in [2.05, 4.69) is 50.3 Å². The number of carbonyl (C=O) groups is 1. The van der Waals surface area contributed by atoms with Crippen molar-refractivity contribution in [1.29, 1.82) is 0 Å². The van der Waals surface area contributed by atoms with Crippen LogP contribution >= 0.6 is 0 Å². The molecular weight excluding hydrogens is 454 g/mol. The number of hydrogen-bond donors (Lipinski definition) is 0. The summed E-state index contributed by atoms with van der Waals surface area (Å²) in [6.07, 6.45) is 10.0. The van der Waals surface area contributed by atoms with Crippen molar-refractivity contribution in [3.63, 3.8) is 0 Å². The lowest BCUT2D eigenvalue weighted by molar-refractivity contribution is -0.139. The first kappa shape index (κ1) is 22.3. The van der Waals surface area contributed by atoms with Gasteiger partial charge in [0.1, 0.15) is 24.4 Å². The Labute approximate surface area is 199 Å². The number of aromatic nitrogens is 10. The van der Waals surface area contributed by atoms with Crippen molar-refractivity contribution in [3.8, 4) is 11.6 Å². The lowest BCUT2D eigenvalue weighted by Gasteiger charge is -2.31. The molecular formula is C21H23N11O3. The summed E-state index contributed by atoms with van der Waals surface area (Å²) in [6, 6.07) is 3.76. The Bertz CT molecular complexity index is 1230. The molecule has 14 heteroatoms. The zero-order chi connectivity index (χ0) is 24.0. The van der Waals surface area contributed by atoms with Gasteiger partial charge in [-0.25, -0.2) is 15.0 Å². The normalized spacial score (nSPS) is 14.1. The minimum atomic E-state index is -0.311. The van der Waals surface area contributed by atoms with Crippen LogP contribution in [0.3, 0.4) is 0 Å². The predicted octanol–water partition coefficient (Wildman–Crippen LogP) is 0.575. The van der Waals surface area contributed by atoms with Gasteiger partial charge in [-0.1, -0.05) is 0 Å². The summed E-state index contributed by atoms with van der Waals surface area (Å²) in [4.78, 5) is 28.4. The summed E-state index contributed by atoms with van der Waals surface area (Å²) in [5, 5.41) is 20.0. The highest BCUT2D eigenvalue weighted by Gasteiger charge is 2.24. The van der Waals surface area contributed by atoms with Crippen LogP contribution in [0.5, 0.6) is 5.75 Å². The second-order valence-corrected chi connectivity index (χ2v) is 7.91. The topological polar surface area (TPSA) is 152 Å². The fourth-order valence-electron chi connectivity index (χ4n) is 3.71. The number of piperidine rings is 1. The summed E-state index contributed by atoms with van der Waals surface area (Å²) in [5.41, 5.74) is 1.46. The minimum absolute atomic E-state index is 0.165. The van der Waals surface area contributed by atoms with Gasteiger partial charge in [-0.3, -0.25) is 4.79 Å². The van der Waals surface area contributed by atoms with Crippen molar-refractivity contribution < 1.29 is 14.3 Å². The molecule has 0 aromatic carbocycles. The van der Waals surface area contributed by atoms with E-state index in [-0.39, 0.29) is 25.0 Å². The number of tetrazole rings is 1. The molecule has 4 aromatic heterocycles. The van der Waals surface area contributed by atoms with Gasteiger partial charge in [0.25, 0.3) is 0 Å². The Morgan fingerprint density at radius 2 is 1.91 bits per heavy atom.